The normalized spacial score (nSPS) is 11.4. The number of carbonyl (C=O) groups is 1. The van der Waals surface area contributed by atoms with E-state index in [9.17, 15) is 13.2 Å². The number of nitrogens with one attached hydrogen (secondary N) is 1. The van der Waals surface area contributed by atoms with Gasteiger partial charge in [0.15, 0.2) is 0 Å². The molecule has 0 radical (unpaired) electrons. The van der Waals surface area contributed by atoms with Crippen LogP contribution in [0.3, 0.4) is 0 Å². The van der Waals surface area contributed by atoms with Gasteiger partial charge in [0.1, 0.15) is 18.9 Å². The molecule has 0 fully saturated rings. The van der Waals surface area contributed by atoms with E-state index in [-0.39, 0.29) is 15.7 Å². The second-order valence-corrected chi connectivity index (χ2v) is 10.3. The van der Waals surface area contributed by atoms with Crippen LogP contribution in [0.1, 0.15) is 11.1 Å². The van der Waals surface area contributed by atoms with Crippen molar-refractivity contribution in [3.63, 3.8) is 0 Å². The van der Waals surface area contributed by atoms with Crippen LogP contribution in [-0.4, -0.2) is 33.3 Å². The molecule has 34 heavy (non-hydrogen) atoms. The maximum absolute atomic E-state index is 12.3. The van der Waals surface area contributed by atoms with Crippen molar-refractivity contribution in [2.45, 2.75) is 6.61 Å². The largest absolute Gasteiger partial charge is 0.489 e. The summed E-state index contributed by atoms with van der Waals surface area (Å²) < 4.78 is 31.0. The molecule has 0 aliphatic rings. The van der Waals surface area contributed by atoms with Gasteiger partial charge in [-0.05, 0) is 54.1 Å². The first-order valence-electron chi connectivity index (χ1n) is 9.84. The number of carbonyl (C=O) groups excluding carboxylic acids is 1. The molecule has 0 aromatic heterocycles. The minimum Gasteiger partial charge on any atom is -0.489 e. The molecule has 0 saturated heterocycles. The number of halogens is 3. The van der Waals surface area contributed by atoms with E-state index in [1.54, 1.807) is 30.3 Å². The molecule has 178 valence electrons. The molecule has 0 aliphatic heterocycles. The average molecular weight is 541 g/mol. The molecule has 11 heteroatoms. The van der Waals surface area contributed by atoms with Crippen molar-refractivity contribution in [1.29, 1.82) is 0 Å². The van der Waals surface area contributed by atoms with Crippen LogP contribution in [0.5, 0.6) is 5.75 Å². The van der Waals surface area contributed by atoms with Crippen molar-refractivity contribution < 1.29 is 17.9 Å². The smallest absolute Gasteiger partial charge is 0.260 e. The Kier molecular flexibility index (Phi) is 8.79. The molecule has 0 heterocycles. The van der Waals surface area contributed by atoms with Crippen molar-refractivity contribution in [3.8, 4) is 5.75 Å². The highest BCUT2D eigenvalue weighted by molar-refractivity contribution is 7.92. The molecule has 0 saturated carbocycles. The first-order valence-corrected chi connectivity index (χ1v) is 12.8. The maximum atomic E-state index is 12.3. The quantitative estimate of drug-likeness (QED) is 0.301. The molecule has 3 rings (SSSR count). The molecule has 0 bridgehead atoms. The summed E-state index contributed by atoms with van der Waals surface area (Å²) in [5.74, 6) is 0.00236. The fourth-order valence-corrected chi connectivity index (χ4v) is 4.40. The van der Waals surface area contributed by atoms with Crippen LogP contribution < -0.4 is 14.5 Å². The molecular formula is C23H20Cl3N3O4S. The summed E-state index contributed by atoms with van der Waals surface area (Å²) in [5, 5.41) is 5.01. The molecule has 0 spiro atoms. The van der Waals surface area contributed by atoms with Crippen LogP contribution in [-0.2, 0) is 21.4 Å². The van der Waals surface area contributed by atoms with Crippen LogP contribution in [0.2, 0.25) is 15.1 Å². The van der Waals surface area contributed by atoms with Crippen LogP contribution in [0.4, 0.5) is 5.69 Å². The molecule has 1 N–H and O–H groups in total. The lowest BCUT2D eigenvalue weighted by Crippen LogP contribution is -2.39. The topological polar surface area (TPSA) is 88.1 Å². The van der Waals surface area contributed by atoms with Gasteiger partial charge in [0, 0.05) is 20.6 Å². The second kappa shape index (κ2) is 11.6. The lowest BCUT2D eigenvalue weighted by Gasteiger charge is -2.21. The van der Waals surface area contributed by atoms with Crippen molar-refractivity contribution in [3.05, 3.63) is 92.9 Å². The number of rotatable bonds is 9. The Labute approximate surface area is 212 Å². The van der Waals surface area contributed by atoms with Crippen molar-refractivity contribution in [2.24, 2.45) is 5.10 Å². The van der Waals surface area contributed by atoms with Crippen LogP contribution >= 0.6 is 34.8 Å². The molecule has 0 unspecified atom stereocenters. The van der Waals surface area contributed by atoms with Crippen molar-refractivity contribution >= 4 is 62.6 Å². The van der Waals surface area contributed by atoms with E-state index in [0.29, 0.717) is 22.9 Å². The zero-order valence-electron chi connectivity index (χ0n) is 17.9. The van der Waals surface area contributed by atoms with Gasteiger partial charge in [0.25, 0.3) is 5.91 Å². The Morgan fingerprint density at radius 1 is 1.03 bits per heavy atom. The number of anilines is 1. The van der Waals surface area contributed by atoms with Gasteiger partial charge in [-0.1, -0.05) is 53.0 Å². The molecule has 0 aliphatic carbocycles. The molecule has 0 atom stereocenters. The average Bonchev–Trinajstić information content (AvgIpc) is 2.76. The van der Waals surface area contributed by atoms with Crippen LogP contribution in [0.25, 0.3) is 0 Å². The molecule has 3 aromatic carbocycles. The minimum absolute atomic E-state index is 0.173. The minimum atomic E-state index is -3.78. The van der Waals surface area contributed by atoms with Gasteiger partial charge in [-0.25, -0.2) is 13.8 Å². The highest BCUT2D eigenvalue weighted by Crippen LogP contribution is 2.27. The fourth-order valence-electron chi connectivity index (χ4n) is 2.85. The predicted molar refractivity (Wildman–Crippen MR) is 137 cm³/mol. The summed E-state index contributed by atoms with van der Waals surface area (Å²) in [4.78, 5) is 12.3. The van der Waals surface area contributed by atoms with Gasteiger partial charge in [0.05, 0.1) is 18.2 Å². The number of ether oxygens (including phenoxy) is 1. The Morgan fingerprint density at radius 3 is 2.29 bits per heavy atom. The van der Waals surface area contributed by atoms with Gasteiger partial charge >= 0.3 is 0 Å². The number of amides is 1. The highest BCUT2D eigenvalue weighted by atomic mass is 35.5. The Hall–Kier alpha value is -2.78. The third-order valence-corrected chi connectivity index (χ3v) is 6.40. The summed E-state index contributed by atoms with van der Waals surface area (Å²) in [6, 6.07) is 18.7. The summed E-state index contributed by atoms with van der Waals surface area (Å²) in [5.41, 5.74) is 4.06. The van der Waals surface area contributed by atoms with Crippen LogP contribution in [0.15, 0.2) is 71.8 Å². The molecule has 1 amide bonds. The van der Waals surface area contributed by atoms with Gasteiger partial charge < -0.3 is 4.74 Å². The van der Waals surface area contributed by atoms with E-state index in [4.69, 9.17) is 39.5 Å². The van der Waals surface area contributed by atoms with Crippen molar-refractivity contribution in [2.75, 3.05) is 17.1 Å². The van der Waals surface area contributed by atoms with E-state index < -0.39 is 22.5 Å². The Morgan fingerprint density at radius 2 is 1.68 bits per heavy atom. The lowest BCUT2D eigenvalue weighted by molar-refractivity contribution is -0.119. The summed E-state index contributed by atoms with van der Waals surface area (Å²) in [6.45, 7) is -0.167. The van der Waals surface area contributed by atoms with E-state index in [1.165, 1.54) is 24.4 Å². The van der Waals surface area contributed by atoms with Gasteiger partial charge in [-0.15, -0.1) is 0 Å². The standard InChI is InChI=1S/C23H20Cl3N3O4S/c1-34(31,32)29(20-11-18(24)10-19(25)12-20)14-23(30)28-27-13-16-6-8-21(9-7-16)33-15-17-4-2-3-5-22(17)26/h2-13H,14-15H2,1H3,(H,28,30)/b27-13-. The molecule has 3 aromatic rings. The number of hydrogen-bond donors (Lipinski definition) is 1. The fraction of sp³-hybridized carbons (Fsp3) is 0.130. The van der Waals surface area contributed by atoms with E-state index in [1.807, 2.05) is 18.2 Å². The lowest BCUT2D eigenvalue weighted by atomic mass is 10.2. The van der Waals surface area contributed by atoms with Gasteiger partial charge in [-0.3, -0.25) is 9.10 Å². The molecular weight excluding hydrogens is 521 g/mol. The predicted octanol–water partition coefficient (Wildman–Crippen LogP) is 5.14. The second-order valence-electron chi connectivity index (χ2n) is 7.14. The third kappa shape index (κ3) is 7.63. The van der Waals surface area contributed by atoms with E-state index >= 15 is 0 Å². The third-order valence-electron chi connectivity index (χ3n) is 4.46. The Balaban J connectivity index is 1.57. The van der Waals surface area contributed by atoms with Crippen molar-refractivity contribution in [1.82, 2.24) is 5.43 Å². The first kappa shape index (κ1) is 25.8. The number of nitrogens with zero attached hydrogens (tertiary/aromatic N) is 2. The maximum Gasteiger partial charge on any atom is 0.260 e. The summed E-state index contributed by atoms with van der Waals surface area (Å²) in [7, 11) is -3.78. The van der Waals surface area contributed by atoms with E-state index in [2.05, 4.69) is 10.5 Å². The monoisotopic (exact) mass is 539 g/mol. The van der Waals surface area contributed by atoms with Gasteiger partial charge in [0.2, 0.25) is 10.0 Å². The van der Waals surface area contributed by atoms with Crippen LogP contribution in [0, 0.1) is 0 Å². The number of benzene rings is 3. The highest BCUT2D eigenvalue weighted by Gasteiger charge is 2.21. The zero-order valence-corrected chi connectivity index (χ0v) is 21.0. The first-order chi connectivity index (χ1) is 16.1. The molecule has 7 nitrogen and oxygen atoms in total. The van der Waals surface area contributed by atoms with Gasteiger partial charge in [-0.2, -0.15) is 5.10 Å². The summed E-state index contributed by atoms with van der Waals surface area (Å²) in [6.07, 6.45) is 2.41. The number of sulfonamides is 1. The SMILES string of the molecule is CS(=O)(=O)N(CC(=O)N/N=C\c1ccc(OCc2ccccc2Cl)cc1)c1cc(Cl)cc(Cl)c1. The van der Waals surface area contributed by atoms with E-state index in [0.717, 1.165) is 16.1 Å². The zero-order chi connectivity index (χ0) is 24.7. The summed E-state index contributed by atoms with van der Waals surface area (Å²) >= 11 is 18.0. The number of hydrazone groups is 1. The number of hydrogen-bond acceptors (Lipinski definition) is 5. The Bertz CT molecular complexity index is 1280.